The number of benzene rings is 1. The molecule has 4 heteroatoms. The molecule has 0 bridgehead atoms. The normalized spacial score (nSPS) is 12.8. The Balaban J connectivity index is 1.84. The summed E-state index contributed by atoms with van der Waals surface area (Å²) in [7, 11) is 2.03. The van der Waals surface area contributed by atoms with E-state index in [1.54, 1.807) is 0 Å². The third-order valence-corrected chi connectivity index (χ3v) is 3.99. The molecule has 2 aromatic rings. The molecule has 2 rings (SSSR count). The van der Waals surface area contributed by atoms with Crippen LogP contribution in [-0.4, -0.2) is 23.6 Å². The van der Waals surface area contributed by atoms with Gasteiger partial charge in [0.2, 0.25) is 0 Å². The first-order valence-corrected chi connectivity index (χ1v) is 7.52. The molecule has 0 fully saturated rings. The van der Waals surface area contributed by atoms with E-state index in [0.29, 0.717) is 6.42 Å². The minimum atomic E-state index is -0.452. The van der Waals surface area contributed by atoms with E-state index in [0.717, 1.165) is 34.6 Å². The Labute approximate surface area is 128 Å². The zero-order valence-electron chi connectivity index (χ0n) is 11.8. The highest BCUT2D eigenvalue weighted by atomic mass is 79.9. The zero-order valence-corrected chi connectivity index (χ0v) is 13.4. The quantitative estimate of drug-likeness (QED) is 0.868. The van der Waals surface area contributed by atoms with Crippen LogP contribution < -0.4 is 0 Å². The lowest BCUT2D eigenvalue weighted by atomic mass is 10.1. The van der Waals surface area contributed by atoms with E-state index in [-0.39, 0.29) is 0 Å². The summed E-state index contributed by atoms with van der Waals surface area (Å²) in [6.07, 6.45) is 0.241. The number of aliphatic hydroxyl groups is 1. The molecule has 1 N–H and O–H groups in total. The molecule has 0 aliphatic rings. The van der Waals surface area contributed by atoms with Gasteiger partial charge in [-0.15, -0.1) is 0 Å². The number of hydrogen-bond donors (Lipinski definition) is 1. The van der Waals surface area contributed by atoms with Crippen molar-refractivity contribution >= 4 is 15.9 Å². The molecule has 20 heavy (non-hydrogen) atoms. The van der Waals surface area contributed by atoms with Gasteiger partial charge in [-0.1, -0.05) is 34.1 Å². The highest BCUT2D eigenvalue weighted by Gasteiger charge is 2.12. The second kappa shape index (κ2) is 7.07. The number of halogens is 1. The lowest BCUT2D eigenvalue weighted by Crippen LogP contribution is -2.20. The summed E-state index contributed by atoms with van der Waals surface area (Å²) in [6.45, 7) is 3.51. The van der Waals surface area contributed by atoms with Crippen molar-refractivity contribution in [1.29, 1.82) is 0 Å². The first-order chi connectivity index (χ1) is 9.56. The lowest BCUT2D eigenvalue weighted by molar-refractivity contribution is 0.145. The zero-order chi connectivity index (χ0) is 14.5. The standard InChI is InChI=1S/C16H20BrNO2/c1-12-7-8-13(20-12)11-18(2)10-9-16(19)14-5-3-4-6-15(14)17/h3-8,16,19H,9-11H2,1-2H3. The van der Waals surface area contributed by atoms with Crippen LogP contribution in [-0.2, 0) is 6.54 Å². The van der Waals surface area contributed by atoms with E-state index in [9.17, 15) is 5.11 Å². The van der Waals surface area contributed by atoms with Crippen LogP contribution in [0.1, 0.15) is 29.6 Å². The van der Waals surface area contributed by atoms with Gasteiger partial charge in [-0.05, 0) is 44.2 Å². The van der Waals surface area contributed by atoms with Gasteiger partial charge in [0.1, 0.15) is 11.5 Å². The summed E-state index contributed by atoms with van der Waals surface area (Å²) in [5.74, 6) is 1.89. The second-order valence-electron chi connectivity index (χ2n) is 5.08. The maximum atomic E-state index is 10.2. The maximum absolute atomic E-state index is 10.2. The fraction of sp³-hybridized carbons (Fsp3) is 0.375. The third kappa shape index (κ3) is 4.20. The summed E-state index contributed by atoms with van der Waals surface area (Å²) in [5.41, 5.74) is 0.940. The Morgan fingerprint density at radius 1 is 1.25 bits per heavy atom. The fourth-order valence-corrected chi connectivity index (χ4v) is 2.71. The number of furan rings is 1. The van der Waals surface area contributed by atoms with Crippen molar-refractivity contribution < 1.29 is 9.52 Å². The molecule has 0 radical (unpaired) electrons. The predicted molar refractivity (Wildman–Crippen MR) is 83.5 cm³/mol. The highest BCUT2D eigenvalue weighted by Crippen LogP contribution is 2.25. The molecule has 1 aromatic heterocycles. The topological polar surface area (TPSA) is 36.6 Å². The Kier molecular flexibility index (Phi) is 5.40. The summed E-state index contributed by atoms with van der Waals surface area (Å²) in [4.78, 5) is 2.15. The molecule has 3 nitrogen and oxygen atoms in total. The number of rotatable bonds is 6. The van der Waals surface area contributed by atoms with Crippen molar-refractivity contribution in [3.05, 3.63) is 58.0 Å². The van der Waals surface area contributed by atoms with Gasteiger partial charge in [-0.3, -0.25) is 4.90 Å². The van der Waals surface area contributed by atoms with Gasteiger partial charge in [0.15, 0.2) is 0 Å². The SMILES string of the molecule is Cc1ccc(CN(C)CCC(O)c2ccccc2Br)o1. The van der Waals surface area contributed by atoms with Gasteiger partial charge in [-0.2, -0.15) is 0 Å². The molecule has 1 aromatic carbocycles. The summed E-state index contributed by atoms with van der Waals surface area (Å²) in [5, 5.41) is 10.2. The number of aryl methyl sites for hydroxylation is 1. The minimum absolute atomic E-state index is 0.452. The first kappa shape index (κ1) is 15.3. The van der Waals surface area contributed by atoms with Gasteiger partial charge in [0, 0.05) is 11.0 Å². The smallest absolute Gasteiger partial charge is 0.118 e. The van der Waals surface area contributed by atoms with Crippen LogP contribution in [0.5, 0.6) is 0 Å². The maximum Gasteiger partial charge on any atom is 0.118 e. The highest BCUT2D eigenvalue weighted by molar-refractivity contribution is 9.10. The van der Waals surface area contributed by atoms with Crippen molar-refractivity contribution in [3.63, 3.8) is 0 Å². The summed E-state index contributed by atoms with van der Waals surface area (Å²) >= 11 is 3.47. The Bertz CT molecular complexity index is 553. The molecule has 0 aliphatic carbocycles. The molecule has 0 saturated carbocycles. The molecular formula is C16H20BrNO2. The van der Waals surface area contributed by atoms with Crippen molar-refractivity contribution in [2.75, 3.05) is 13.6 Å². The van der Waals surface area contributed by atoms with Crippen molar-refractivity contribution in [1.82, 2.24) is 4.90 Å². The van der Waals surface area contributed by atoms with Crippen molar-refractivity contribution in [2.24, 2.45) is 0 Å². The van der Waals surface area contributed by atoms with Crippen LogP contribution in [0.15, 0.2) is 45.3 Å². The van der Waals surface area contributed by atoms with Crippen molar-refractivity contribution in [2.45, 2.75) is 26.0 Å². The van der Waals surface area contributed by atoms with Gasteiger partial charge in [0.25, 0.3) is 0 Å². The summed E-state index contributed by atoms with van der Waals surface area (Å²) in [6, 6.07) is 11.8. The molecule has 108 valence electrons. The summed E-state index contributed by atoms with van der Waals surface area (Å²) < 4.78 is 6.51. The monoisotopic (exact) mass is 337 g/mol. The number of aliphatic hydroxyl groups excluding tert-OH is 1. The first-order valence-electron chi connectivity index (χ1n) is 6.72. The van der Waals surface area contributed by atoms with Crippen LogP contribution >= 0.6 is 15.9 Å². The van der Waals surface area contributed by atoms with Crippen LogP contribution in [0, 0.1) is 6.92 Å². The largest absolute Gasteiger partial charge is 0.465 e. The number of nitrogens with zero attached hydrogens (tertiary/aromatic N) is 1. The molecular weight excluding hydrogens is 318 g/mol. The molecule has 0 aliphatic heterocycles. The minimum Gasteiger partial charge on any atom is -0.465 e. The Hall–Kier alpha value is -1.10. The van der Waals surface area contributed by atoms with E-state index in [2.05, 4.69) is 20.8 Å². The van der Waals surface area contributed by atoms with E-state index in [1.165, 1.54) is 0 Å². The fourth-order valence-electron chi connectivity index (χ4n) is 2.16. The van der Waals surface area contributed by atoms with Gasteiger partial charge in [-0.25, -0.2) is 0 Å². The molecule has 0 spiro atoms. The van der Waals surface area contributed by atoms with Crippen molar-refractivity contribution in [3.8, 4) is 0 Å². The molecule has 1 atom stereocenters. The van der Waals surface area contributed by atoms with Gasteiger partial charge >= 0.3 is 0 Å². The van der Waals surface area contributed by atoms with Crippen LogP contribution in [0.3, 0.4) is 0 Å². The Morgan fingerprint density at radius 2 is 2.00 bits per heavy atom. The van der Waals surface area contributed by atoms with Crippen LogP contribution in [0.25, 0.3) is 0 Å². The van der Waals surface area contributed by atoms with E-state index < -0.39 is 6.10 Å². The van der Waals surface area contributed by atoms with E-state index in [1.807, 2.05) is 50.4 Å². The van der Waals surface area contributed by atoms with E-state index in [4.69, 9.17) is 4.42 Å². The lowest BCUT2D eigenvalue weighted by Gasteiger charge is -2.18. The molecule has 1 unspecified atom stereocenters. The Morgan fingerprint density at radius 3 is 2.65 bits per heavy atom. The molecule has 1 heterocycles. The average Bonchev–Trinajstić information content (AvgIpc) is 2.82. The molecule has 0 saturated heterocycles. The molecule has 0 amide bonds. The number of hydrogen-bond acceptors (Lipinski definition) is 3. The van der Waals surface area contributed by atoms with Gasteiger partial charge < -0.3 is 9.52 Å². The average molecular weight is 338 g/mol. The predicted octanol–water partition coefficient (Wildman–Crippen LogP) is 3.91. The second-order valence-corrected chi connectivity index (χ2v) is 5.93. The van der Waals surface area contributed by atoms with Gasteiger partial charge in [0.05, 0.1) is 12.6 Å². The van der Waals surface area contributed by atoms with Crippen LogP contribution in [0.2, 0.25) is 0 Å². The van der Waals surface area contributed by atoms with Crippen LogP contribution in [0.4, 0.5) is 0 Å². The third-order valence-electron chi connectivity index (χ3n) is 3.27. The van der Waals surface area contributed by atoms with E-state index >= 15 is 0 Å².